The first-order valence-corrected chi connectivity index (χ1v) is 8.53. The van der Waals surface area contributed by atoms with Gasteiger partial charge < -0.3 is 20.7 Å². The maximum Gasteiger partial charge on any atom is 0.319 e. The van der Waals surface area contributed by atoms with Crippen molar-refractivity contribution in [2.75, 3.05) is 19.0 Å². The summed E-state index contributed by atoms with van der Waals surface area (Å²) in [7, 11) is 1.61. The Morgan fingerprint density at radius 2 is 1.77 bits per heavy atom. The van der Waals surface area contributed by atoms with Crippen molar-refractivity contribution < 1.29 is 14.3 Å². The number of hydrogen-bond donors (Lipinski definition) is 3. The fraction of sp³-hybridized carbons (Fsp3) is 0.300. The van der Waals surface area contributed by atoms with Crippen LogP contribution in [0.3, 0.4) is 0 Å². The summed E-state index contributed by atoms with van der Waals surface area (Å²) in [5, 5.41) is 8.32. The molecule has 0 aliphatic carbocycles. The third-order valence-electron chi connectivity index (χ3n) is 3.71. The second-order valence-electron chi connectivity index (χ2n) is 6.18. The second kappa shape index (κ2) is 9.58. The van der Waals surface area contributed by atoms with Crippen molar-refractivity contribution in [1.82, 2.24) is 10.6 Å². The number of carbonyl (C=O) groups excluding carboxylic acids is 2. The Kier molecular flexibility index (Phi) is 7.17. The molecule has 3 amide bonds. The minimum Gasteiger partial charge on any atom is -0.375 e. The fourth-order valence-corrected chi connectivity index (χ4v) is 2.46. The van der Waals surface area contributed by atoms with Gasteiger partial charge in [-0.15, -0.1) is 0 Å². The molecule has 0 aliphatic rings. The van der Waals surface area contributed by atoms with E-state index in [4.69, 9.17) is 4.74 Å². The van der Waals surface area contributed by atoms with Crippen LogP contribution in [0.4, 0.5) is 10.5 Å². The zero-order valence-electron chi connectivity index (χ0n) is 15.3. The molecule has 0 saturated heterocycles. The Morgan fingerprint density at radius 3 is 2.42 bits per heavy atom. The number of urea groups is 1. The normalized spacial score (nSPS) is 11.7. The Balaban J connectivity index is 1.96. The molecule has 0 saturated carbocycles. The molecule has 0 fully saturated rings. The number of methoxy groups -OCH3 is 1. The van der Waals surface area contributed by atoms with Crippen LogP contribution >= 0.6 is 0 Å². The average Bonchev–Trinajstić information content (AvgIpc) is 2.62. The Morgan fingerprint density at radius 1 is 1.04 bits per heavy atom. The maximum absolute atomic E-state index is 12.4. The highest BCUT2D eigenvalue weighted by atomic mass is 16.5. The third kappa shape index (κ3) is 5.89. The molecule has 0 bridgehead atoms. The van der Waals surface area contributed by atoms with Crippen molar-refractivity contribution in [3.63, 3.8) is 0 Å². The van der Waals surface area contributed by atoms with Crippen molar-refractivity contribution in [2.45, 2.75) is 26.0 Å². The van der Waals surface area contributed by atoms with Gasteiger partial charge in [0.2, 0.25) is 0 Å². The quantitative estimate of drug-likeness (QED) is 0.713. The minimum atomic E-state index is -0.305. The highest BCUT2D eigenvalue weighted by molar-refractivity contribution is 5.96. The first-order valence-electron chi connectivity index (χ1n) is 8.53. The molecule has 26 heavy (non-hydrogen) atoms. The van der Waals surface area contributed by atoms with Gasteiger partial charge >= 0.3 is 6.03 Å². The van der Waals surface area contributed by atoms with Gasteiger partial charge in [-0.05, 0) is 37.6 Å². The van der Waals surface area contributed by atoms with Gasteiger partial charge in [-0.1, -0.05) is 36.4 Å². The number of rotatable bonds is 7. The van der Waals surface area contributed by atoms with E-state index in [1.54, 1.807) is 31.4 Å². The first kappa shape index (κ1) is 19.5. The summed E-state index contributed by atoms with van der Waals surface area (Å²) < 4.78 is 5.46. The first-order chi connectivity index (χ1) is 12.5. The predicted molar refractivity (Wildman–Crippen MR) is 102 cm³/mol. The molecule has 1 atom stereocenters. The number of hydrogen-bond acceptors (Lipinski definition) is 3. The van der Waals surface area contributed by atoms with E-state index in [0.717, 1.165) is 5.56 Å². The third-order valence-corrected chi connectivity index (χ3v) is 3.71. The van der Waals surface area contributed by atoms with E-state index >= 15 is 0 Å². The topological polar surface area (TPSA) is 79.5 Å². The summed E-state index contributed by atoms with van der Waals surface area (Å²) in [6.45, 7) is 4.11. The molecule has 0 aromatic heterocycles. The lowest BCUT2D eigenvalue weighted by molar-refractivity contribution is 0.0828. The second-order valence-corrected chi connectivity index (χ2v) is 6.18. The SMILES string of the molecule is COC(CNC(=O)c1cccc(NC(=O)NC(C)C)c1)c1ccccc1. The van der Waals surface area contributed by atoms with Crippen LogP contribution in [0.25, 0.3) is 0 Å². The standard InChI is InChI=1S/C20H25N3O3/c1-14(2)22-20(25)23-17-11-7-10-16(12-17)19(24)21-13-18(26-3)15-8-5-4-6-9-15/h4-12,14,18H,13H2,1-3H3,(H,21,24)(H2,22,23,25). The van der Waals surface area contributed by atoms with Gasteiger partial charge in [0.05, 0.1) is 6.10 Å². The van der Waals surface area contributed by atoms with E-state index in [1.807, 2.05) is 44.2 Å². The van der Waals surface area contributed by atoms with Gasteiger partial charge in [0.15, 0.2) is 0 Å². The molecule has 0 aliphatic heterocycles. The van der Waals surface area contributed by atoms with Gasteiger partial charge in [-0.2, -0.15) is 0 Å². The zero-order chi connectivity index (χ0) is 18.9. The van der Waals surface area contributed by atoms with Crippen LogP contribution in [-0.4, -0.2) is 31.6 Å². The molecule has 2 rings (SSSR count). The molecule has 2 aromatic carbocycles. The van der Waals surface area contributed by atoms with Crippen molar-refractivity contribution in [3.8, 4) is 0 Å². The minimum absolute atomic E-state index is 0.0328. The molecule has 0 spiro atoms. The van der Waals surface area contributed by atoms with E-state index in [1.165, 1.54) is 0 Å². The lowest BCUT2D eigenvalue weighted by atomic mass is 10.1. The van der Waals surface area contributed by atoms with Crippen LogP contribution in [0.15, 0.2) is 54.6 Å². The molecule has 6 heteroatoms. The van der Waals surface area contributed by atoms with Crippen LogP contribution in [0.2, 0.25) is 0 Å². The van der Waals surface area contributed by atoms with Crippen molar-refractivity contribution in [3.05, 3.63) is 65.7 Å². The Labute approximate surface area is 153 Å². The van der Waals surface area contributed by atoms with Crippen molar-refractivity contribution >= 4 is 17.6 Å². The van der Waals surface area contributed by atoms with E-state index in [2.05, 4.69) is 16.0 Å². The number of anilines is 1. The Bertz CT molecular complexity index is 732. The van der Waals surface area contributed by atoms with Crippen molar-refractivity contribution in [1.29, 1.82) is 0 Å². The summed E-state index contributed by atoms with van der Waals surface area (Å²) in [6, 6.07) is 16.2. The maximum atomic E-state index is 12.4. The van der Waals surface area contributed by atoms with Gasteiger partial charge in [0.1, 0.15) is 0 Å². The number of carbonyl (C=O) groups is 2. The highest BCUT2D eigenvalue weighted by Gasteiger charge is 2.13. The van der Waals surface area contributed by atoms with Gasteiger partial charge in [0.25, 0.3) is 5.91 Å². The molecule has 1 unspecified atom stereocenters. The summed E-state index contributed by atoms with van der Waals surface area (Å²) in [4.78, 5) is 24.2. The highest BCUT2D eigenvalue weighted by Crippen LogP contribution is 2.16. The van der Waals surface area contributed by atoms with Crippen LogP contribution in [0.1, 0.15) is 35.9 Å². The number of ether oxygens (including phenoxy) is 1. The van der Waals surface area contributed by atoms with Crippen LogP contribution in [0.5, 0.6) is 0 Å². The molecular weight excluding hydrogens is 330 g/mol. The summed E-state index contributed by atoms with van der Waals surface area (Å²) in [5.41, 5.74) is 2.02. The molecular formula is C20H25N3O3. The summed E-state index contributed by atoms with van der Waals surface area (Å²) in [5.74, 6) is -0.226. The molecule has 3 N–H and O–H groups in total. The van der Waals surface area contributed by atoms with Gasteiger partial charge in [-0.3, -0.25) is 4.79 Å². The van der Waals surface area contributed by atoms with Gasteiger partial charge in [0, 0.05) is 30.9 Å². The van der Waals surface area contributed by atoms with Crippen LogP contribution < -0.4 is 16.0 Å². The average molecular weight is 355 g/mol. The largest absolute Gasteiger partial charge is 0.375 e. The Hall–Kier alpha value is -2.86. The van der Waals surface area contributed by atoms with Gasteiger partial charge in [-0.25, -0.2) is 4.79 Å². The zero-order valence-corrected chi connectivity index (χ0v) is 15.3. The molecule has 0 heterocycles. The summed E-state index contributed by atoms with van der Waals surface area (Å²) in [6.07, 6.45) is -0.224. The van der Waals surface area contributed by atoms with E-state index in [0.29, 0.717) is 17.8 Å². The van der Waals surface area contributed by atoms with Crippen LogP contribution in [0, 0.1) is 0 Å². The lowest BCUT2D eigenvalue weighted by Crippen LogP contribution is -2.34. The van der Waals surface area contributed by atoms with E-state index in [9.17, 15) is 9.59 Å². The summed E-state index contributed by atoms with van der Waals surface area (Å²) >= 11 is 0. The van der Waals surface area contributed by atoms with E-state index in [-0.39, 0.29) is 24.1 Å². The predicted octanol–water partition coefficient (Wildman–Crippen LogP) is 3.33. The lowest BCUT2D eigenvalue weighted by Gasteiger charge is -2.17. The molecule has 138 valence electrons. The van der Waals surface area contributed by atoms with Crippen LogP contribution in [-0.2, 0) is 4.74 Å². The number of amides is 3. The molecule has 0 radical (unpaired) electrons. The fourth-order valence-electron chi connectivity index (χ4n) is 2.46. The van der Waals surface area contributed by atoms with E-state index < -0.39 is 0 Å². The monoisotopic (exact) mass is 355 g/mol. The number of nitrogens with one attached hydrogen (secondary N) is 3. The molecule has 6 nitrogen and oxygen atoms in total. The smallest absolute Gasteiger partial charge is 0.319 e. The number of benzene rings is 2. The molecule has 2 aromatic rings. The van der Waals surface area contributed by atoms with Crippen molar-refractivity contribution in [2.24, 2.45) is 0 Å².